The highest BCUT2D eigenvalue weighted by molar-refractivity contribution is 7.92. The van der Waals surface area contributed by atoms with Gasteiger partial charge >= 0.3 is 6.18 Å². The van der Waals surface area contributed by atoms with Gasteiger partial charge in [0.25, 0.3) is 0 Å². The lowest BCUT2D eigenvalue weighted by atomic mass is 10.1. The fourth-order valence-electron chi connectivity index (χ4n) is 2.75. The number of nitrogens with one attached hydrogen (secondary N) is 1. The van der Waals surface area contributed by atoms with E-state index in [9.17, 15) is 26.4 Å². The molecule has 1 amide bonds. The highest BCUT2D eigenvalue weighted by Gasteiger charge is 2.31. The van der Waals surface area contributed by atoms with Crippen LogP contribution in [0.5, 0.6) is 5.75 Å². The SMILES string of the molecule is COc1cccc(N(C(C)C(=O)NCc2cccc(C(F)(F)F)c2)S(C)(=O)=O)c1. The summed E-state index contributed by atoms with van der Waals surface area (Å²) in [6, 6.07) is 9.61. The maximum atomic E-state index is 12.8. The molecule has 0 saturated carbocycles. The molecule has 1 unspecified atom stereocenters. The maximum absolute atomic E-state index is 12.8. The summed E-state index contributed by atoms with van der Waals surface area (Å²) in [5.41, 5.74) is -0.354. The van der Waals surface area contributed by atoms with Gasteiger partial charge in [0.05, 0.1) is 24.6 Å². The van der Waals surface area contributed by atoms with Gasteiger partial charge in [-0.1, -0.05) is 18.2 Å². The number of hydrogen-bond acceptors (Lipinski definition) is 4. The Morgan fingerprint density at radius 3 is 2.41 bits per heavy atom. The minimum Gasteiger partial charge on any atom is -0.497 e. The number of nitrogens with zero attached hydrogens (tertiary/aromatic N) is 1. The summed E-state index contributed by atoms with van der Waals surface area (Å²) in [5.74, 6) is -0.247. The number of carbonyl (C=O) groups is 1. The first kappa shape index (κ1) is 22.5. The lowest BCUT2D eigenvalue weighted by molar-refractivity contribution is -0.137. The number of rotatable bonds is 7. The highest BCUT2D eigenvalue weighted by Crippen LogP contribution is 2.29. The van der Waals surface area contributed by atoms with Crippen LogP contribution in [0.2, 0.25) is 0 Å². The largest absolute Gasteiger partial charge is 0.497 e. The fraction of sp³-hybridized carbons (Fsp3) is 0.316. The summed E-state index contributed by atoms with van der Waals surface area (Å²) in [6.45, 7) is 1.21. The summed E-state index contributed by atoms with van der Waals surface area (Å²) in [7, 11) is -2.40. The van der Waals surface area contributed by atoms with Crippen molar-refractivity contribution in [2.75, 3.05) is 17.7 Å². The van der Waals surface area contributed by atoms with Gasteiger partial charge in [0, 0.05) is 12.6 Å². The Kier molecular flexibility index (Phi) is 6.78. The van der Waals surface area contributed by atoms with Gasteiger partial charge in [-0.3, -0.25) is 9.10 Å². The van der Waals surface area contributed by atoms with Crippen LogP contribution in [0.3, 0.4) is 0 Å². The van der Waals surface area contributed by atoms with Gasteiger partial charge in [0.1, 0.15) is 11.8 Å². The molecule has 0 aromatic heterocycles. The van der Waals surface area contributed by atoms with Crippen LogP contribution >= 0.6 is 0 Å². The van der Waals surface area contributed by atoms with Crippen LogP contribution in [0.15, 0.2) is 48.5 Å². The average molecular weight is 430 g/mol. The number of ether oxygens (including phenoxy) is 1. The number of methoxy groups -OCH3 is 1. The molecule has 2 rings (SSSR count). The van der Waals surface area contributed by atoms with E-state index >= 15 is 0 Å². The van der Waals surface area contributed by atoms with Crippen LogP contribution in [0.1, 0.15) is 18.1 Å². The Balaban J connectivity index is 2.20. The Hall–Kier alpha value is -2.75. The van der Waals surface area contributed by atoms with Gasteiger partial charge in [-0.25, -0.2) is 8.42 Å². The van der Waals surface area contributed by atoms with Gasteiger partial charge in [-0.15, -0.1) is 0 Å². The van der Waals surface area contributed by atoms with Crippen LogP contribution < -0.4 is 14.4 Å². The molecule has 1 atom stereocenters. The van der Waals surface area contributed by atoms with Gasteiger partial charge in [0.2, 0.25) is 15.9 Å². The van der Waals surface area contributed by atoms with Gasteiger partial charge in [-0.2, -0.15) is 13.2 Å². The Morgan fingerprint density at radius 1 is 1.17 bits per heavy atom. The number of carbonyl (C=O) groups excluding carboxylic acids is 1. The summed E-state index contributed by atoms with van der Waals surface area (Å²) in [6.07, 6.45) is -3.53. The third kappa shape index (κ3) is 5.86. The molecule has 0 radical (unpaired) electrons. The first-order valence-electron chi connectivity index (χ1n) is 8.51. The summed E-state index contributed by atoms with van der Waals surface area (Å²) >= 11 is 0. The molecular formula is C19H21F3N2O4S. The third-order valence-corrected chi connectivity index (χ3v) is 5.36. The molecule has 0 aliphatic carbocycles. The zero-order valence-corrected chi connectivity index (χ0v) is 16.8. The van der Waals surface area contributed by atoms with Gasteiger partial charge in [0.15, 0.2) is 0 Å². The molecule has 0 aliphatic heterocycles. The van der Waals surface area contributed by atoms with Crippen molar-refractivity contribution in [3.05, 3.63) is 59.7 Å². The van der Waals surface area contributed by atoms with Crippen LogP contribution in [0.25, 0.3) is 0 Å². The standard InChI is InChI=1S/C19H21F3N2O4S/c1-13(24(29(3,26)27)16-8-5-9-17(11-16)28-2)18(25)23-12-14-6-4-7-15(10-14)19(20,21)22/h4-11,13H,12H2,1-3H3,(H,23,25). The number of amides is 1. The first-order chi connectivity index (χ1) is 13.4. The van der Waals surface area contributed by atoms with E-state index in [0.717, 1.165) is 22.7 Å². The Labute approximate surface area is 167 Å². The Bertz CT molecular complexity index is 977. The van der Waals surface area contributed by atoms with Crippen molar-refractivity contribution in [2.45, 2.75) is 25.7 Å². The van der Waals surface area contributed by atoms with Crippen molar-refractivity contribution in [1.82, 2.24) is 5.32 Å². The van der Waals surface area contributed by atoms with E-state index in [2.05, 4.69) is 5.32 Å². The van der Waals surface area contributed by atoms with E-state index in [1.807, 2.05) is 0 Å². The lowest BCUT2D eigenvalue weighted by Gasteiger charge is -2.28. The molecule has 0 spiro atoms. The minimum absolute atomic E-state index is 0.178. The number of benzene rings is 2. The molecule has 0 bridgehead atoms. The van der Waals surface area contributed by atoms with E-state index in [0.29, 0.717) is 5.75 Å². The van der Waals surface area contributed by atoms with Crippen LogP contribution in [0, 0.1) is 0 Å². The molecule has 1 N–H and O–H groups in total. The second-order valence-electron chi connectivity index (χ2n) is 6.35. The molecule has 10 heteroatoms. The van der Waals surface area contributed by atoms with Crippen molar-refractivity contribution < 1.29 is 31.1 Å². The molecule has 29 heavy (non-hydrogen) atoms. The molecule has 0 aliphatic rings. The van der Waals surface area contributed by atoms with Crippen molar-refractivity contribution >= 4 is 21.6 Å². The van der Waals surface area contributed by atoms with E-state index < -0.39 is 33.7 Å². The smallest absolute Gasteiger partial charge is 0.416 e. The van der Waals surface area contributed by atoms with Crippen molar-refractivity contribution in [3.8, 4) is 5.75 Å². The zero-order valence-electron chi connectivity index (χ0n) is 16.0. The van der Waals surface area contributed by atoms with Crippen molar-refractivity contribution in [2.24, 2.45) is 0 Å². The van der Waals surface area contributed by atoms with E-state index in [1.165, 1.54) is 38.3 Å². The van der Waals surface area contributed by atoms with E-state index in [1.54, 1.807) is 12.1 Å². The molecule has 6 nitrogen and oxygen atoms in total. The molecule has 158 valence electrons. The van der Waals surface area contributed by atoms with E-state index in [4.69, 9.17) is 4.74 Å². The van der Waals surface area contributed by atoms with Crippen molar-refractivity contribution in [1.29, 1.82) is 0 Å². The number of anilines is 1. The van der Waals surface area contributed by atoms with Gasteiger partial charge < -0.3 is 10.1 Å². The van der Waals surface area contributed by atoms with Crippen LogP contribution in [-0.4, -0.2) is 33.7 Å². The number of sulfonamides is 1. The molecule has 2 aromatic carbocycles. The molecule has 0 heterocycles. The second kappa shape index (κ2) is 8.73. The fourth-order valence-corrected chi connectivity index (χ4v) is 3.92. The zero-order chi connectivity index (χ0) is 21.8. The first-order valence-corrected chi connectivity index (χ1v) is 10.4. The second-order valence-corrected chi connectivity index (χ2v) is 8.21. The molecular weight excluding hydrogens is 409 g/mol. The minimum atomic E-state index is -4.49. The summed E-state index contributed by atoms with van der Waals surface area (Å²) in [4.78, 5) is 12.5. The summed E-state index contributed by atoms with van der Waals surface area (Å²) in [5, 5.41) is 2.48. The third-order valence-electron chi connectivity index (χ3n) is 4.12. The summed E-state index contributed by atoms with van der Waals surface area (Å²) < 4.78 is 69.0. The van der Waals surface area contributed by atoms with Crippen molar-refractivity contribution in [3.63, 3.8) is 0 Å². The van der Waals surface area contributed by atoms with Crippen LogP contribution in [0.4, 0.5) is 18.9 Å². The topological polar surface area (TPSA) is 75.7 Å². The Morgan fingerprint density at radius 2 is 1.83 bits per heavy atom. The maximum Gasteiger partial charge on any atom is 0.416 e. The molecule has 2 aromatic rings. The monoisotopic (exact) mass is 430 g/mol. The normalized spacial score (nSPS) is 12.9. The number of hydrogen-bond donors (Lipinski definition) is 1. The number of halogens is 3. The quantitative estimate of drug-likeness (QED) is 0.732. The predicted octanol–water partition coefficient (Wildman–Crippen LogP) is 3.18. The average Bonchev–Trinajstić information content (AvgIpc) is 2.64. The van der Waals surface area contributed by atoms with E-state index in [-0.39, 0.29) is 17.8 Å². The number of alkyl halides is 3. The lowest BCUT2D eigenvalue weighted by Crippen LogP contribution is -2.47. The highest BCUT2D eigenvalue weighted by atomic mass is 32.2. The predicted molar refractivity (Wildman–Crippen MR) is 103 cm³/mol. The molecule has 0 saturated heterocycles. The van der Waals surface area contributed by atoms with Crippen LogP contribution in [-0.2, 0) is 27.5 Å². The molecule has 0 fully saturated rings. The van der Waals surface area contributed by atoms with Gasteiger partial charge in [-0.05, 0) is 36.8 Å².